The van der Waals surface area contributed by atoms with Crippen molar-refractivity contribution in [1.82, 2.24) is 10.2 Å². The van der Waals surface area contributed by atoms with Crippen molar-refractivity contribution in [3.8, 4) is 0 Å². The van der Waals surface area contributed by atoms with Crippen molar-refractivity contribution in [2.24, 2.45) is 11.3 Å². The molecule has 9 heteroatoms. The molecule has 2 heterocycles. The number of esters is 1. The Balaban J connectivity index is 1.57. The van der Waals surface area contributed by atoms with Crippen LogP contribution in [0.3, 0.4) is 0 Å². The summed E-state index contributed by atoms with van der Waals surface area (Å²) < 4.78 is 44.0. The van der Waals surface area contributed by atoms with Crippen LogP contribution in [0.1, 0.15) is 56.1 Å². The molecule has 3 aliphatic rings. The fraction of sp³-hybridized carbons (Fsp3) is 0.542. The van der Waals surface area contributed by atoms with Crippen LogP contribution in [0, 0.1) is 11.3 Å². The Kier molecular flexibility index (Phi) is 6.24. The number of rotatable bonds is 5. The average molecular weight is 464 g/mol. The van der Waals surface area contributed by atoms with E-state index in [2.05, 4.69) is 5.32 Å². The molecule has 1 saturated heterocycles. The van der Waals surface area contributed by atoms with Gasteiger partial charge in [-0.15, -0.1) is 0 Å². The molecule has 33 heavy (non-hydrogen) atoms. The summed E-state index contributed by atoms with van der Waals surface area (Å²) in [5.41, 5.74) is 0.171. The third-order valence-corrected chi connectivity index (χ3v) is 7.03. The first kappa shape index (κ1) is 23.3. The first-order valence-corrected chi connectivity index (χ1v) is 11.2. The van der Waals surface area contributed by atoms with Gasteiger partial charge in [-0.3, -0.25) is 14.4 Å². The summed E-state index contributed by atoms with van der Waals surface area (Å²) in [7, 11) is 1.29. The number of ether oxygens (including phenoxy) is 1. The summed E-state index contributed by atoms with van der Waals surface area (Å²) in [6.07, 6.45) is -0.139. The zero-order valence-corrected chi connectivity index (χ0v) is 18.5. The molecule has 0 radical (unpaired) electrons. The molecule has 4 rings (SSSR count). The van der Waals surface area contributed by atoms with Gasteiger partial charge in [-0.05, 0) is 55.4 Å². The van der Waals surface area contributed by atoms with Crippen molar-refractivity contribution in [3.05, 3.63) is 46.7 Å². The van der Waals surface area contributed by atoms with Crippen LogP contribution >= 0.6 is 0 Å². The van der Waals surface area contributed by atoms with E-state index >= 15 is 0 Å². The zero-order chi connectivity index (χ0) is 23.8. The first-order chi connectivity index (χ1) is 15.7. The molecule has 178 valence electrons. The van der Waals surface area contributed by atoms with Gasteiger partial charge >= 0.3 is 12.1 Å². The number of carbonyl (C=O) groups is 3. The molecule has 2 amide bonds. The molecule has 2 aliphatic heterocycles. The van der Waals surface area contributed by atoms with Gasteiger partial charge in [-0.2, -0.15) is 13.2 Å². The third-order valence-electron chi connectivity index (χ3n) is 7.03. The largest absolute Gasteiger partial charge is 0.468 e. The zero-order valence-electron chi connectivity index (χ0n) is 18.5. The van der Waals surface area contributed by atoms with E-state index in [1.54, 1.807) is 4.90 Å². The van der Waals surface area contributed by atoms with Gasteiger partial charge in [0.2, 0.25) is 11.8 Å². The SMILES string of the molecule is COC(=O)[C@@]12CCCCC3=C1N(CCC3)C(=O)[C@H]2CC(=O)NCc1cccc(C(F)(F)F)c1. The van der Waals surface area contributed by atoms with Crippen LogP contribution in [0.5, 0.6) is 0 Å². The Hall–Kier alpha value is -2.84. The number of halogens is 3. The standard InChI is InChI=1S/C24H27F3N2O4/c1-33-22(32)23-10-3-2-7-16-8-5-11-29(20(16)23)21(31)18(23)13-19(30)28-14-15-6-4-9-17(12-15)24(25,26)27/h4,6,9,12,18H,2-3,5,7-8,10-11,13-14H2,1H3,(H,28,30)/t18-,23-/m1/s1. The van der Waals surface area contributed by atoms with E-state index in [4.69, 9.17) is 4.74 Å². The Morgan fingerprint density at radius 2 is 1.97 bits per heavy atom. The Morgan fingerprint density at radius 3 is 2.70 bits per heavy atom. The van der Waals surface area contributed by atoms with E-state index in [1.165, 1.54) is 19.2 Å². The Bertz CT molecular complexity index is 1000. The Labute approximate surface area is 190 Å². The molecule has 0 saturated carbocycles. The van der Waals surface area contributed by atoms with Gasteiger partial charge in [0.05, 0.1) is 18.6 Å². The molecule has 6 nitrogen and oxygen atoms in total. The number of methoxy groups -OCH3 is 1. The number of hydrogen-bond donors (Lipinski definition) is 1. The van der Waals surface area contributed by atoms with Gasteiger partial charge in [-0.25, -0.2) is 0 Å². The minimum atomic E-state index is -4.47. The summed E-state index contributed by atoms with van der Waals surface area (Å²) in [6, 6.07) is 4.74. The van der Waals surface area contributed by atoms with Crippen molar-refractivity contribution in [2.45, 2.75) is 57.7 Å². The van der Waals surface area contributed by atoms with Crippen molar-refractivity contribution >= 4 is 17.8 Å². The lowest BCUT2D eigenvalue weighted by Crippen LogP contribution is -2.41. The van der Waals surface area contributed by atoms with Crippen molar-refractivity contribution in [1.29, 1.82) is 0 Å². The van der Waals surface area contributed by atoms with Crippen LogP contribution in [0.25, 0.3) is 0 Å². The number of carbonyl (C=O) groups excluding carboxylic acids is 3. The van der Waals surface area contributed by atoms with E-state index in [0.717, 1.165) is 55.5 Å². The van der Waals surface area contributed by atoms with Crippen LogP contribution < -0.4 is 5.32 Å². The number of nitrogens with one attached hydrogen (secondary N) is 1. The van der Waals surface area contributed by atoms with Gasteiger partial charge in [-0.1, -0.05) is 18.6 Å². The topological polar surface area (TPSA) is 75.7 Å². The van der Waals surface area contributed by atoms with Crippen LogP contribution in [-0.4, -0.2) is 36.3 Å². The molecular formula is C24H27F3N2O4. The predicted molar refractivity (Wildman–Crippen MR) is 112 cm³/mol. The van der Waals surface area contributed by atoms with Gasteiger partial charge in [0.25, 0.3) is 0 Å². The van der Waals surface area contributed by atoms with Gasteiger partial charge in [0.15, 0.2) is 0 Å². The van der Waals surface area contributed by atoms with Crippen LogP contribution in [0.4, 0.5) is 13.2 Å². The van der Waals surface area contributed by atoms with Crippen LogP contribution in [0.2, 0.25) is 0 Å². The van der Waals surface area contributed by atoms with E-state index < -0.39 is 34.9 Å². The monoisotopic (exact) mass is 464 g/mol. The minimum absolute atomic E-state index is 0.105. The van der Waals surface area contributed by atoms with E-state index in [0.29, 0.717) is 18.5 Å². The quantitative estimate of drug-likeness (QED) is 0.670. The molecule has 1 aromatic rings. The Morgan fingerprint density at radius 1 is 1.21 bits per heavy atom. The summed E-state index contributed by atoms with van der Waals surface area (Å²) in [5, 5.41) is 2.62. The van der Waals surface area contributed by atoms with Crippen LogP contribution in [0.15, 0.2) is 35.5 Å². The fourth-order valence-corrected chi connectivity index (χ4v) is 5.59. The molecule has 0 aromatic heterocycles. The smallest absolute Gasteiger partial charge is 0.416 e. The maximum atomic E-state index is 13.4. The molecule has 1 aliphatic carbocycles. The van der Waals surface area contributed by atoms with E-state index in [9.17, 15) is 27.6 Å². The molecule has 1 N–H and O–H groups in total. The summed E-state index contributed by atoms with van der Waals surface area (Å²) in [6.45, 7) is 0.408. The van der Waals surface area contributed by atoms with E-state index in [1.807, 2.05) is 0 Å². The summed E-state index contributed by atoms with van der Waals surface area (Å²) >= 11 is 0. The maximum Gasteiger partial charge on any atom is 0.416 e. The summed E-state index contributed by atoms with van der Waals surface area (Å²) in [5.74, 6) is -2.11. The normalized spacial score (nSPS) is 24.9. The minimum Gasteiger partial charge on any atom is -0.468 e. The van der Waals surface area contributed by atoms with Gasteiger partial charge < -0.3 is 15.0 Å². The van der Waals surface area contributed by atoms with Crippen LogP contribution in [-0.2, 0) is 31.8 Å². The van der Waals surface area contributed by atoms with E-state index in [-0.39, 0.29) is 18.9 Å². The predicted octanol–water partition coefficient (Wildman–Crippen LogP) is 3.95. The lowest BCUT2D eigenvalue weighted by Gasteiger charge is -2.34. The number of nitrogens with zero attached hydrogens (tertiary/aromatic N) is 1. The fourth-order valence-electron chi connectivity index (χ4n) is 5.59. The van der Waals surface area contributed by atoms with Gasteiger partial charge in [0.1, 0.15) is 5.41 Å². The highest BCUT2D eigenvalue weighted by atomic mass is 19.4. The van der Waals surface area contributed by atoms with Crippen molar-refractivity contribution < 1.29 is 32.3 Å². The average Bonchev–Trinajstić information content (AvgIpc) is 2.92. The highest BCUT2D eigenvalue weighted by Gasteiger charge is 2.62. The number of benzene rings is 1. The molecule has 2 atom stereocenters. The molecule has 0 unspecified atom stereocenters. The molecule has 0 bridgehead atoms. The molecule has 1 fully saturated rings. The second-order valence-corrected chi connectivity index (χ2v) is 8.95. The lowest BCUT2D eigenvalue weighted by atomic mass is 9.70. The van der Waals surface area contributed by atoms with Crippen molar-refractivity contribution in [2.75, 3.05) is 13.7 Å². The maximum absolute atomic E-state index is 13.4. The van der Waals surface area contributed by atoms with Gasteiger partial charge in [0, 0.05) is 25.2 Å². The number of alkyl halides is 3. The first-order valence-electron chi connectivity index (χ1n) is 11.2. The second-order valence-electron chi connectivity index (χ2n) is 8.95. The molecule has 1 aromatic carbocycles. The number of allylic oxidation sites excluding steroid dienone is 1. The van der Waals surface area contributed by atoms with Crippen molar-refractivity contribution in [3.63, 3.8) is 0 Å². The molecular weight excluding hydrogens is 437 g/mol. The summed E-state index contributed by atoms with van der Waals surface area (Å²) in [4.78, 5) is 41.0. The number of hydrogen-bond acceptors (Lipinski definition) is 4. The lowest BCUT2D eigenvalue weighted by molar-refractivity contribution is -0.155. The number of amides is 2. The third kappa shape index (κ3) is 4.13. The highest BCUT2D eigenvalue weighted by Crippen LogP contribution is 2.56. The second kappa shape index (κ2) is 8.83. The highest BCUT2D eigenvalue weighted by molar-refractivity contribution is 5.99. The molecule has 0 spiro atoms.